The first-order valence-corrected chi connectivity index (χ1v) is 10.1. The summed E-state index contributed by atoms with van der Waals surface area (Å²) in [7, 11) is 0. The van der Waals surface area contributed by atoms with E-state index in [2.05, 4.69) is 32.5 Å². The number of carbonyl (C=O) groups is 1. The Morgan fingerprint density at radius 2 is 2.00 bits per heavy atom. The second-order valence-corrected chi connectivity index (χ2v) is 6.61. The molecule has 9 nitrogen and oxygen atoms in total. The lowest BCUT2D eigenvalue weighted by Crippen LogP contribution is -2.29. The van der Waals surface area contributed by atoms with Gasteiger partial charge in [0.2, 0.25) is 0 Å². The summed E-state index contributed by atoms with van der Waals surface area (Å²) in [5.41, 5.74) is 1.59. The van der Waals surface area contributed by atoms with Crippen molar-refractivity contribution < 1.29 is 18.7 Å². The summed E-state index contributed by atoms with van der Waals surface area (Å²) in [5.74, 6) is 1.63. The fourth-order valence-corrected chi connectivity index (χ4v) is 2.70. The summed E-state index contributed by atoms with van der Waals surface area (Å²) in [6, 6.07) is 6.80. The van der Waals surface area contributed by atoms with E-state index in [-0.39, 0.29) is 12.8 Å². The molecule has 30 heavy (non-hydrogen) atoms. The number of nitrogens with zero attached hydrogens (tertiary/aromatic N) is 3. The molecule has 3 heterocycles. The van der Waals surface area contributed by atoms with E-state index < -0.39 is 0 Å². The van der Waals surface area contributed by atoms with Crippen LogP contribution in [0.25, 0.3) is 22.6 Å². The summed E-state index contributed by atoms with van der Waals surface area (Å²) in [6.45, 7) is 5.78. The van der Waals surface area contributed by atoms with E-state index in [1.54, 1.807) is 24.4 Å². The normalized spacial score (nSPS) is 11.0. The van der Waals surface area contributed by atoms with Gasteiger partial charge in [-0.15, -0.1) is 0 Å². The van der Waals surface area contributed by atoms with Crippen molar-refractivity contribution >= 4 is 23.0 Å². The summed E-state index contributed by atoms with van der Waals surface area (Å²) in [5, 5.41) is 5.54. The van der Waals surface area contributed by atoms with Crippen LogP contribution < -0.4 is 10.6 Å². The monoisotopic (exact) mass is 413 g/mol. The maximum Gasteiger partial charge on any atom is 0.320 e. The minimum absolute atomic E-state index is 0.216. The number of anilines is 1. The molecule has 3 aromatic rings. The van der Waals surface area contributed by atoms with Gasteiger partial charge in [0.15, 0.2) is 11.4 Å². The Bertz CT molecular complexity index is 959. The van der Waals surface area contributed by atoms with Crippen LogP contribution in [0.15, 0.2) is 34.9 Å². The summed E-state index contributed by atoms with van der Waals surface area (Å²) >= 11 is 0. The van der Waals surface area contributed by atoms with Gasteiger partial charge in [-0.3, -0.25) is 10.3 Å². The molecule has 0 spiro atoms. The zero-order valence-corrected chi connectivity index (χ0v) is 17.3. The predicted molar refractivity (Wildman–Crippen MR) is 113 cm³/mol. The molecule has 0 atom stereocenters. The second-order valence-electron chi connectivity index (χ2n) is 6.61. The molecule has 0 aliphatic carbocycles. The molecule has 0 unspecified atom stereocenters. The highest BCUT2D eigenvalue weighted by molar-refractivity contribution is 5.89. The first-order chi connectivity index (χ1) is 14.7. The SMILES string of the molecule is CCCCCNC(=O)Nc1ccc2ncc(-c3ccc(COCOCC)o3)nc2n1. The van der Waals surface area contributed by atoms with E-state index in [0.29, 0.717) is 54.0 Å². The molecule has 3 rings (SSSR count). The van der Waals surface area contributed by atoms with Crippen molar-refractivity contribution in [2.24, 2.45) is 0 Å². The minimum atomic E-state index is -0.287. The molecule has 0 bridgehead atoms. The Labute approximate surface area is 175 Å². The zero-order valence-electron chi connectivity index (χ0n) is 17.3. The van der Waals surface area contributed by atoms with Crippen molar-refractivity contribution in [3.63, 3.8) is 0 Å². The Balaban J connectivity index is 1.65. The maximum atomic E-state index is 12.0. The maximum absolute atomic E-state index is 12.0. The predicted octanol–water partition coefficient (Wildman–Crippen LogP) is 4.11. The first-order valence-electron chi connectivity index (χ1n) is 10.1. The number of furan rings is 1. The molecule has 0 aliphatic heterocycles. The van der Waals surface area contributed by atoms with E-state index >= 15 is 0 Å². The highest BCUT2D eigenvalue weighted by atomic mass is 16.7. The van der Waals surface area contributed by atoms with Gasteiger partial charge in [0.05, 0.1) is 6.20 Å². The van der Waals surface area contributed by atoms with Gasteiger partial charge in [0.25, 0.3) is 0 Å². The van der Waals surface area contributed by atoms with Gasteiger partial charge >= 0.3 is 6.03 Å². The number of hydrogen-bond acceptors (Lipinski definition) is 7. The number of amides is 2. The average molecular weight is 413 g/mol. The average Bonchev–Trinajstić information content (AvgIpc) is 3.23. The molecule has 0 aliphatic rings. The molecule has 0 fully saturated rings. The number of hydrogen-bond donors (Lipinski definition) is 2. The van der Waals surface area contributed by atoms with Crippen LogP contribution in [0.5, 0.6) is 0 Å². The summed E-state index contributed by atoms with van der Waals surface area (Å²) in [4.78, 5) is 25.3. The molecule has 0 saturated heterocycles. The van der Waals surface area contributed by atoms with Crippen LogP contribution >= 0.6 is 0 Å². The Morgan fingerprint density at radius 3 is 2.83 bits per heavy atom. The van der Waals surface area contributed by atoms with Crippen molar-refractivity contribution in [2.75, 3.05) is 25.3 Å². The van der Waals surface area contributed by atoms with E-state index in [9.17, 15) is 4.79 Å². The molecule has 160 valence electrons. The largest absolute Gasteiger partial charge is 0.457 e. The van der Waals surface area contributed by atoms with Crippen LogP contribution in [0.2, 0.25) is 0 Å². The number of aromatic nitrogens is 3. The van der Waals surface area contributed by atoms with Crippen molar-refractivity contribution in [3.8, 4) is 11.5 Å². The topological polar surface area (TPSA) is 111 Å². The minimum Gasteiger partial charge on any atom is -0.457 e. The molecule has 2 amide bonds. The molecule has 0 aromatic carbocycles. The molecule has 0 radical (unpaired) electrons. The van der Waals surface area contributed by atoms with Crippen molar-refractivity contribution in [1.82, 2.24) is 20.3 Å². The van der Waals surface area contributed by atoms with E-state index in [1.165, 1.54) is 0 Å². The van der Waals surface area contributed by atoms with Gasteiger partial charge in [0, 0.05) is 13.2 Å². The smallest absolute Gasteiger partial charge is 0.320 e. The lowest BCUT2D eigenvalue weighted by molar-refractivity contribution is -0.0613. The Kier molecular flexibility index (Phi) is 8.10. The standard InChI is InChI=1S/C21H27N5O4/c1-3-5-6-11-22-21(27)26-19-10-8-16-20(25-19)24-17(12-23-16)18-9-7-15(30-18)13-29-14-28-4-2/h7-10,12H,3-6,11,13-14H2,1-2H3,(H2,22,24,25,26,27). The van der Waals surface area contributed by atoms with E-state index in [0.717, 1.165) is 19.3 Å². The van der Waals surface area contributed by atoms with E-state index in [1.807, 2.05) is 13.0 Å². The molecular weight excluding hydrogens is 386 g/mol. The van der Waals surface area contributed by atoms with Gasteiger partial charge < -0.3 is 19.2 Å². The van der Waals surface area contributed by atoms with Crippen molar-refractivity contribution in [2.45, 2.75) is 39.7 Å². The number of ether oxygens (including phenoxy) is 2. The molecular formula is C21H27N5O4. The number of carbonyl (C=O) groups excluding carboxylic acids is 1. The van der Waals surface area contributed by atoms with Gasteiger partial charge in [-0.05, 0) is 37.6 Å². The van der Waals surface area contributed by atoms with Gasteiger partial charge in [-0.25, -0.2) is 14.8 Å². The highest BCUT2D eigenvalue weighted by Crippen LogP contribution is 2.22. The third-order valence-electron chi connectivity index (χ3n) is 4.24. The summed E-state index contributed by atoms with van der Waals surface area (Å²) in [6.07, 6.45) is 4.76. The van der Waals surface area contributed by atoms with Crippen LogP contribution in [0, 0.1) is 0 Å². The Hall–Kier alpha value is -3.04. The summed E-state index contributed by atoms with van der Waals surface area (Å²) < 4.78 is 16.3. The van der Waals surface area contributed by atoms with Crippen LogP contribution in [0.1, 0.15) is 38.9 Å². The molecule has 2 N–H and O–H groups in total. The fraction of sp³-hybridized carbons (Fsp3) is 0.429. The number of unbranched alkanes of at least 4 members (excludes halogenated alkanes) is 2. The van der Waals surface area contributed by atoms with Gasteiger partial charge in [0.1, 0.15) is 36.2 Å². The lowest BCUT2D eigenvalue weighted by Gasteiger charge is -2.07. The molecule has 0 saturated carbocycles. The Morgan fingerprint density at radius 1 is 1.10 bits per heavy atom. The van der Waals surface area contributed by atoms with Crippen LogP contribution in [-0.2, 0) is 16.1 Å². The third-order valence-corrected chi connectivity index (χ3v) is 4.24. The zero-order chi connectivity index (χ0) is 21.2. The molecule has 3 aromatic heterocycles. The second kappa shape index (κ2) is 11.2. The van der Waals surface area contributed by atoms with Gasteiger partial charge in [-0.2, -0.15) is 0 Å². The number of urea groups is 1. The fourth-order valence-electron chi connectivity index (χ4n) is 2.70. The lowest BCUT2D eigenvalue weighted by atomic mass is 10.2. The van der Waals surface area contributed by atoms with Crippen LogP contribution in [-0.4, -0.2) is 40.9 Å². The van der Waals surface area contributed by atoms with Crippen LogP contribution in [0.3, 0.4) is 0 Å². The van der Waals surface area contributed by atoms with Crippen molar-refractivity contribution in [1.29, 1.82) is 0 Å². The van der Waals surface area contributed by atoms with Crippen LogP contribution in [0.4, 0.5) is 10.6 Å². The number of nitrogens with one attached hydrogen (secondary N) is 2. The highest BCUT2D eigenvalue weighted by Gasteiger charge is 2.10. The number of rotatable bonds is 11. The number of fused-ring (bicyclic) bond motifs is 1. The first kappa shape index (κ1) is 21.7. The van der Waals surface area contributed by atoms with Crippen molar-refractivity contribution in [3.05, 3.63) is 36.2 Å². The number of pyridine rings is 1. The molecule has 9 heteroatoms. The quantitative estimate of drug-likeness (QED) is 0.359. The van der Waals surface area contributed by atoms with Gasteiger partial charge in [-0.1, -0.05) is 19.8 Å². The third kappa shape index (κ3) is 6.23. The van der Waals surface area contributed by atoms with E-state index in [4.69, 9.17) is 13.9 Å².